The summed E-state index contributed by atoms with van der Waals surface area (Å²) < 4.78 is 2.25. The number of imidazole rings is 1. The highest BCUT2D eigenvalue weighted by Crippen LogP contribution is 2.20. The van der Waals surface area contributed by atoms with Gasteiger partial charge in [-0.05, 0) is 23.1 Å². The first-order valence-electron chi connectivity index (χ1n) is 6.80. The number of fused-ring (bicyclic) bond motifs is 3. The molecule has 0 spiro atoms. The maximum atomic E-state index is 4.60. The lowest BCUT2D eigenvalue weighted by Crippen LogP contribution is -1.97. The SMILES string of the molecule is c1ccc(Cc2ncc3ccc4ccccc4n23)cc1. The number of pyridine rings is 1. The zero-order chi connectivity index (χ0) is 13.4. The molecule has 0 bridgehead atoms. The van der Waals surface area contributed by atoms with Gasteiger partial charge in [-0.2, -0.15) is 0 Å². The fraction of sp³-hybridized carbons (Fsp3) is 0.0556. The van der Waals surface area contributed by atoms with E-state index >= 15 is 0 Å². The van der Waals surface area contributed by atoms with E-state index in [0.29, 0.717) is 0 Å². The van der Waals surface area contributed by atoms with Crippen LogP contribution >= 0.6 is 0 Å². The highest BCUT2D eigenvalue weighted by Gasteiger charge is 2.07. The summed E-state index contributed by atoms with van der Waals surface area (Å²) in [5, 5.41) is 1.24. The van der Waals surface area contributed by atoms with Gasteiger partial charge in [0.1, 0.15) is 5.82 Å². The van der Waals surface area contributed by atoms with Crippen LogP contribution in [0.5, 0.6) is 0 Å². The fourth-order valence-electron chi connectivity index (χ4n) is 2.71. The highest BCUT2D eigenvalue weighted by atomic mass is 15.0. The van der Waals surface area contributed by atoms with E-state index in [0.717, 1.165) is 17.8 Å². The summed E-state index contributed by atoms with van der Waals surface area (Å²) in [5.41, 5.74) is 3.65. The third kappa shape index (κ3) is 1.77. The molecule has 0 saturated heterocycles. The first kappa shape index (κ1) is 11.2. The monoisotopic (exact) mass is 258 g/mol. The quantitative estimate of drug-likeness (QED) is 0.529. The largest absolute Gasteiger partial charge is 0.296 e. The van der Waals surface area contributed by atoms with Gasteiger partial charge in [-0.1, -0.05) is 54.6 Å². The second-order valence-electron chi connectivity index (χ2n) is 4.99. The zero-order valence-corrected chi connectivity index (χ0v) is 11.0. The van der Waals surface area contributed by atoms with E-state index in [1.54, 1.807) is 0 Å². The average molecular weight is 258 g/mol. The lowest BCUT2D eigenvalue weighted by Gasteiger charge is -2.06. The molecule has 20 heavy (non-hydrogen) atoms. The van der Waals surface area contributed by atoms with E-state index in [4.69, 9.17) is 0 Å². The van der Waals surface area contributed by atoms with Crippen LogP contribution in [0, 0.1) is 0 Å². The summed E-state index contributed by atoms with van der Waals surface area (Å²) in [7, 11) is 0. The second kappa shape index (κ2) is 4.49. The van der Waals surface area contributed by atoms with Gasteiger partial charge in [0.05, 0.1) is 17.2 Å². The Hall–Kier alpha value is -2.61. The van der Waals surface area contributed by atoms with Crippen LogP contribution < -0.4 is 0 Å². The summed E-state index contributed by atoms with van der Waals surface area (Å²) in [5.74, 6) is 1.09. The average Bonchev–Trinajstić information content (AvgIpc) is 2.92. The molecule has 4 rings (SSSR count). The van der Waals surface area contributed by atoms with E-state index in [-0.39, 0.29) is 0 Å². The Kier molecular flexibility index (Phi) is 2.52. The Labute approximate surface area is 117 Å². The fourth-order valence-corrected chi connectivity index (χ4v) is 2.71. The van der Waals surface area contributed by atoms with Crippen molar-refractivity contribution < 1.29 is 0 Å². The molecule has 2 aromatic heterocycles. The summed E-state index contributed by atoms with van der Waals surface area (Å²) in [4.78, 5) is 4.60. The highest BCUT2D eigenvalue weighted by molar-refractivity contribution is 5.82. The lowest BCUT2D eigenvalue weighted by molar-refractivity contribution is 0.984. The lowest BCUT2D eigenvalue weighted by atomic mass is 10.1. The predicted octanol–water partition coefficient (Wildman–Crippen LogP) is 4.08. The van der Waals surface area contributed by atoms with E-state index in [1.165, 1.54) is 16.5 Å². The molecule has 0 N–H and O–H groups in total. The molecule has 96 valence electrons. The van der Waals surface area contributed by atoms with E-state index in [2.05, 4.69) is 70.0 Å². The number of rotatable bonds is 2. The van der Waals surface area contributed by atoms with Gasteiger partial charge in [-0.3, -0.25) is 4.40 Å². The van der Waals surface area contributed by atoms with Crippen molar-refractivity contribution in [1.29, 1.82) is 0 Å². The Morgan fingerprint density at radius 2 is 1.60 bits per heavy atom. The maximum Gasteiger partial charge on any atom is 0.118 e. The Morgan fingerprint density at radius 3 is 2.50 bits per heavy atom. The first-order chi connectivity index (χ1) is 9.92. The van der Waals surface area contributed by atoms with Crippen LogP contribution in [0.15, 0.2) is 72.9 Å². The van der Waals surface area contributed by atoms with Gasteiger partial charge in [0.2, 0.25) is 0 Å². The van der Waals surface area contributed by atoms with Gasteiger partial charge >= 0.3 is 0 Å². The summed E-state index contributed by atoms with van der Waals surface area (Å²) >= 11 is 0. The van der Waals surface area contributed by atoms with Crippen molar-refractivity contribution in [1.82, 2.24) is 9.38 Å². The number of aromatic nitrogens is 2. The van der Waals surface area contributed by atoms with E-state index in [9.17, 15) is 0 Å². The van der Waals surface area contributed by atoms with Crippen LogP contribution in [0.3, 0.4) is 0 Å². The van der Waals surface area contributed by atoms with Gasteiger partial charge in [-0.15, -0.1) is 0 Å². The van der Waals surface area contributed by atoms with Crippen molar-refractivity contribution in [3.63, 3.8) is 0 Å². The molecule has 0 amide bonds. The zero-order valence-electron chi connectivity index (χ0n) is 11.0. The van der Waals surface area contributed by atoms with Crippen LogP contribution in [-0.2, 0) is 6.42 Å². The smallest absolute Gasteiger partial charge is 0.118 e. The van der Waals surface area contributed by atoms with Crippen LogP contribution in [0.1, 0.15) is 11.4 Å². The first-order valence-corrected chi connectivity index (χ1v) is 6.80. The molecule has 4 aromatic rings. The van der Waals surface area contributed by atoms with E-state index < -0.39 is 0 Å². The van der Waals surface area contributed by atoms with Crippen molar-refractivity contribution in [3.8, 4) is 0 Å². The van der Waals surface area contributed by atoms with Gasteiger partial charge in [-0.25, -0.2) is 4.98 Å². The van der Waals surface area contributed by atoms with Crippen LogP contribution in [0.2, 0.25) is 0 Å². The standard InChI is InChI=1S/C18H14N2/c1-2-6-14(7-3-1)12-18-19-13-16-11-10-15-8-4-5-9-17(15)20(16)18/h1-11,13H,12H2. The molecular formula is C18H14N2. The molecule has 0 aliphatic heterocycles. The molecular weight excluding hydrogens is 244 g/mol. The summed E-state index contributed by atoms with van der Waals surface area (Å²) in [6.07, 6.45) is 2.80. The molecule has 0 aliphatic carbocycles. The molecule has 0 aliphatic rings. The number of para-hydroxylation sites is 1. The van der Waals surface area contributed by atoms with Crippen LogP contribution in [0.25, 0.3) is 16.4 Å². The number of hydrogen-bond donors (Lipinski definition) is 0. The number of hydrogen-bond acceptors (Lipinski definition) is 1. The van der Waals surface area contributed by atoms with Gasteiger partial charge < -0.3 is 0 Å². The summed E-state index contributed by atoms with van der Waals surface area (Å²) in [6, 6.07) is 23.2. The van der Waals surface area contributed by atoms with E-state index in [1.807, 2.05) is 12.3 Å². The third-order valence-electron chi connectivity index (χ3n) is 3.68. The molecule has 0 atom stereocenters. The van der Waals surface area contributed by atoms with Crippen molar-refractivity contribution in [2.75, 3.05) is 0 Å². The van der Waals surface area contributed by atoms with Gasteiger partial charge in [0.25, 0.3) is 0 Å². The van der Waals surface area contributed by atoms with Crippen molar-refractivity contribution in [2.24, 2.45) is 0 Å². The molecule has 0 saturated carbocycles. The molecule has 0 fully saturated rings. The third-order valence-corrected chi connectivity index (χ3v) is 3.68. The topological polar surface area (TPSA) is 17.3 Å². The minimum Gasteiger partial charge on any atom is -0.296 e. The predicted molar refractivity (Wildman–Crippen MR) is 81.9 cm³/mol. The Balaban J connectivity index is 1.94. The maximum absolute atomic E-state index is 4.60. The van der Waals surface area contributed by atoms with Crippen molar-refractivity contribution in [3.05, 3.63) is 84.3 Å². The van der Waals surface area contributed by atoms with Crippen LogP contribution in [-0.4, -0.2) is 9.38 Å². The van der Waals surface area contributed by atoms with Gasteiger partial charge in [0, 0.05) is 6.42 Å². The van der Waals surface area contributed by atoms with Crippen LogP contribution in [0.4, 0.5) is 0 Å². The number of nitrogens with zero attached hydrogens (tertiary/aromatic N) is 2. The van der Waals surface area contributed by atoms with Gasteiger partial charge in [0.15, 0.2) is 0 Å². The molecule has 0 unspecified atom stereocenters. The Bertz CT molecular complexity index is 876. The normalized spacial score (nSPS) is 11.2. The minimum absolute atomic E-state index is 0.850. The molecule has 2 nitrogen and oxygen atoms in total. The second-order valence-corrected chi connectivity index (χ2v) is 4.99. The summed E-state index contributed by atoms with van der Waals surface area (Å²) in [6.45, 7) is 0. The molecule has 2 aromatic carbocycles. The molecule has 2 heterocycles. The molecule has 0 radical (unpaired) electrons. The molecule has 2 heteroatoms. The van der Waals surface area contributed by atoms with Crippen molar-refractivity contribution in [2.45, 2.75) is 6.42 Å². The van der Waals surface area contributed by atoms with Crippen molar-refractivity contribution >= 4 is 16.4 Å². The number of benzene rings is 2. The minimum atomic E-state index is 0.850. The Morgan fingerprint density at radius 1 is 0.800 bits per heavy atom.